The van der Waals surface area contributed by atoms with Crippen LogP contribution < -0.4 is 4.74 Å². The number of fused-ring (bicyclic) bond motifs is 1. The van der Waals surface area contributed by atoms with E-state index >= 15 is 0 Å². The van der Waals surface area contributed by atoms with E-state index in [0.717, 1.165) is 15.2 Å². The number of rotatable bonds is 6. The monoisotopic (exact) mass is 356 g/mol. The summed E-state index contributed by atoms with van der Waals surface area (Å²) in [7, 11) is 1.68. The van der Waals surface area contributed by atoms with Gasteiger partial charge in [0.15, 0.2) is 11.6 Å². The minimum Gasteiger partial charge on any atom is -0.489 e. The molecule has 2 aromatic carbocycles. The van der Waals surface area contributed by atoms with Crippen molar-refractivity contribution in [3.8, 4) is 5.75 Å². The zero-order chi connectivity index (χ0) is 17.6. The number of para-hydroxylation sites is 2. The molecule has 0 saturated heterocycles. The quantitative estimate of drug-likeness (QED) is 0.627. The Morgan fingerprint density at radius 1 is 1.24 bits per heavy atom. The van der Waals surface area contributed by atoms with Crippen molar-refractivity contribution in [2.75, 3.05) is 20.2 Å². The van der Waals surface area contributed by atoms with Crippen LogP contribution in [-0.2, 0) is 4.79 Å². The van der Waals surface area contributed by atoms with E-state index in [4.69, 9.17) is 4.74 Å². The van der Waals surface area contributed by atoms with Crippen LogP contribution in [0.15, 0.2) is 54.6 Å². The molecule has 1 amide bonds. The summed E-state index contributed by atoms with van der Waals surface area (Å²) in [5.41, 5.74) is 0.922. The third kappa shape index (κ3) is 4.42. The molecule has 0 saturated carbocycles. The summed E-state index contributed by atoms with van der Waals surface area (Å²) in [6.07, 6.45) is 3.20. The fourth-order valence-electron chi connectivity index (χ4n) is 2.20. The predicted molar refractivity (Wildman–Crippen MR) is 98.2 cm³/mol. The first-order valence-electron chi connectivity index (χ1n) is 7.79. The fraction of sp³-hybridized carbons (Fsp3) is 0.158. The molecule has 1 heterocycles. The molecule has 6 heteroatoms. The lowest BCUT2D eigenvalue weighted by Crippen LogP contribution is -2.29. The Kier molecular flexibility index (Phi) is 5.40. The van der Waals surface area contributed by atoms with E-state index in [1.807, 2.05) is 24.3 Å². The molecule has 0 aliphatic carbocycles. The molecule has 0 aliphatic rings. The highest BCUT2D eigenvalue weighted by molar-refractivity contribution is 7.19. The third-order valence-electron chi connectivity index (χ3n) is 3.58. The van der Waals surface area contributed by atoms with Gasteiger partial charge in [-0.05, 0) is 30.3 Å². The molecule has 0 bridgehead atoms. The van der Waals surface area contributed by atoms with Gasteiger partial charge in [-0.3, -0.25) is 4.79 Å². The van der Waals surface area contributed by atoms with Crippen molar-refractivity contribution in [1.29, 1.82) is 0 Å². The minimum absolute atomic E-state index is 0.156. The van der Waals surface area contributed by atoms with Crippen molar-refractivity contribution in [3.63, 3.8) is 0 Å². The summed E-state index contributed by atoms with van der Waals surface area (Å²) in [5.74, 6) is -0.378. The summed E-state index contributed by atoms with van der Waals surface area (Å²) >= 11 is 1.53. The zero-order valence-corrected chi connectivity index (χ0v) is 14.5. The van der Waals surface area contributed by atoms with Crippen LogP contribution in [0.5, 0.6) is 5.75 Å². The van der Waals surface area contributed by atoms with Gasteiger partial charge in [0.2, 0.25) is 5.91 Å². The van der Waals surface area contributed by atoms with Gasteiger partial charge in [0.25, 0.3) is 0 Å². The number of benzene rings is 2. The van der Waals surface area contributed by atoms with Crippen LogP contribution in [0.1, 0.15) is 5.01 Å². The molecule has 1 aromatic heterocycles. The number of hydrogen-bond donors (Lipinski definition) is 0. The molecule has 3 aromatic rings. The summed E-state index contributed by atoms with van der Waals surface area (Å²) in [6, 6.07) is 14.0. The molecule has 0 atom stereocenters. The molecule has 0 spiro atoms. The molecular formula is C19H17FN2O2S. The topological polar surface area (TPSA) is 42.4 Å². The second-order valence-electron chi connectivity index (χ2n) is 5.39. The number of carbonyl (C=O) groups is 1. The first-order chi connectivity index (χ1) is 12.1. The molecule has 3 rings (SSSR count). The normalized spacial score (nSPS) is 11.1. The van der Waals surface area contributed by atoms with E-state index in [9.17, 15) is 9.18 Å². The average Bonchev–Trinajstić information content (AvgIpc) is 3.04. The van der Waals surface area contributed by atoms with Crippen molar-refractivity contribution in [2.45, 2.75) is 0 Å². The van der Waals surface area contributed by atoms with Gasteiger partial charge in [0.1, 0.15) is 11.6 Å². The lowest BCUT2D eigenvalue weighted by atomic mass is 10.3. The Balaban J connectivity index is 1.52. The molecule has 0 radical (unpaired) electrons. The second kappa shape index (κ2) is 7.90. The van der Waals surface area contributed by atoms with Gasteiger partial charge in [-0.1, -0.05) is 24.3 Å². The Labute approximate surface area is 149 Å². The molecule has 0 fully saturated rings. The molecule has 4 nitrogen and oxygen atoms in total. The minimum atomic E-state index is -0.410. The fourth-order valence-corrected chi connectivity index (χ4v) is 3.07. The maximum Gasteiger partial charge on any atom is 0.246 e. The molecule has 25 heavy (non-hydrogen) atoms. The van der Waals surface area contributed by atoms with Gasteiger partial charge in [-0.15, -0.1) is 11.3 Å². The number of aromatic nitrogens is 1. The van der Waals surface area contributed by atoms with Gasteiger partial charge in [-0.2, -0.15) is 0 Å². The molecule has 0 aliphatic heterocycles. The lowest BCUT2D eigenvalue weighted by Gasteiger charge is -2.15. The number of likely N-dealkylation sites (N-methyl/N-ethyl adjacent to an activating group) is 1. The van der Waals surface area contributed by atoms with E-state index in [0.29, 0.717) is 6.54 Å². The smallest absolute Gasteiger partial charge is 0.246 e. The SMILES string of the molecule is CN(CCOc1ccccc1F)C(=O)/C=C/c1nc2ccccc2s1. The van der Waals surface area contributed by atoms with Gasteiger partial charge >= 0.3 is 0 Å². The van der Waals surface area contributed by atoms with Crippen LogP contribution in [-0.4, -0.2) is 36.0 Å². The second-order valence-corrected chi connectivity index (χ2v) is 6.45. The van der Waals surface area contributed by atoms with E-state index in [-0.39, 0.29) is 18.3 Å². The van der Waals surface area contributed by atoms with Crippen molar-refractivity contribution < 1.29 is 13.9 Å². The van der Waals surface area contributed by atoms with Gasteiger partial charge in [0, 0.05) is 13.1 Å². The van der Waals surface area contributed by atoms with Gasteiger partial charge in [-0.25, -0.2) is 9.37 Å². The number of halogens is 1. The van der Waals surface area contributed by atoms with Gasteiger partial charge < -0.3 is 9.64 Å². The number of carbonyl (C=O) groups excluding carboxylic acids is 1. The summed E-state index contributed by atoms with van der Waals surface area (Å²) in [6.45, 7) is 0.579. The average molecular weight is 356 g/mol. The van der Waals surface area contributed by atoms with Crippen molar-refractivity contribution >= 4 is 33.5 Å². The Hall–Kier alpha value is -2.73. The standard InChI is InChI=1S/C19H17FN2O2S/c1-22(12-13-24-16-8-4-2-6-14(16)20)19(23)11-10-18-21-15-7-3-5-9-17(15)25-18/h2-11H,12-13H2,1H3/b11-10+. The summed E-state index contributed by atoms with van der Waals surface area (Å²) in [4.78, 5) is 18.1. The third-order valence-corrected chi connectivity index (χ3v) is 4.58. The predicted octanol–water partition coefficient (Wildman–Crippen LogP) is 3.99. The van der Waals surface area contributed by atoms with Crippen LogP contribution in [0, 0.1) is 5.82 Å². The van der Waals surface area contributed by atoms with E-state index < -0.39 is 5.82 Å². The number of amides is 1. The maximum absolute atomic E-state index is 13.4. The number of hydrogen-bond acceptors (Lipinski definition) is 4. The van der Waals surface area contributed by atoms with Crippen molar-refractivity contribution in [2.24, 2.45) is 0 Å². The highest BCUT2D eigenvalue weighted by Gasteiger charge is 2.07. The lowest BCUT2D eigenvalue weighted by molar-refractivity contribution is -0.125. The van der Waals surface area contributed by atoms with E-state index in [1.165, 1.54) is 28.4 Å². The molecule has 128 valence electrons. The van der Waals surface area contributed by atoms with Crippen LogP contribution in [0.4, 0.5) is 4.39 Å². The van der Waals surface area contributed by atoms with Crippen LogP contribution in [0.3, 0.4) is 0 Å². The zero-order valence-electron chi connectivity index (χ0n) is 13.7. The Morgan fingerprint density at radius 2 is 2.00 bits per heavy atom. The van der Waals surface area contributed by atoms with E-state index in [1.54, 1.807) is 31.3 Å². The Morgan fingerprint density at radius 3 is 2.80 bits per heavy atom. The first-order valence-corrected chi connectivity index (χ1v) is 8.61. The Bertz CT molecular complexity index is 874. The largest absolute Gasteiger partial charge is 0.489 e. The van der Waals surface area contributed by atoms with Gasteiger partial charge in [0.05, 0.1) is 16.8 Å². The summed E-state index contributed by atoms with van der Waals surface area (Å²) in [5, 5.41) is 0.783. The highest BCUT2D eigenvalue weighted by Crippen LogP contribution is 2.22. The number of ether oxygens (including phenoxy) is 1. The van der Waals surface area contributed by atoms with Crippen molar-refractivity contribution in [1.82, 2.24) is 9.88 Å². The number of nitrogens with zero attached hydrogens (tertiary/aromatic N) is 2. The maximum atomic E-state index is 13.4. The van der Waals surface area contributed by atoms with Crippen LogP contribution >= 0.6 is 11.3 Å². The highest BCUT2D eigenvalue weighted by atomic mass is 32.1. The van der Waals surface area contributed by atoms with Crippen LogP contribution in [0.25, 0.3) is 16.3 Å². The molecule has 0 unspecified atom stereocenters. The molecular weight excluding hydrogens is 339 g/mol. The van der Waals surface area contributed by atoms with E-state index in [2.05, 4.69) is 4.98 Å². The molecule has 0 N–H and O–H groups in total. The first kappa shape index (κ1) is 17.1. The van der Waals surface area contributed by atoms with Crippen LogP contribution in [0.2, 0.25) is 0 Å². The summed E-state index contributed by atoms with van der Waals surface area (Å²) < 4.78 is 19.9. The van der Waals surface area contributed by atoms with Crippen molar-refractivity contribution in [3.05, 3.63) is 65.4 Å². The number of thiazole rings is 1.